The van der Waals surface area contributed by atoms with Crippen LogP contribution in [0.1, 0.15) is 30.5 Å². The highest BCUT2D eigenvalue weighted by Gasteiger charge is 2.23. The van der Waals surface area contributed by atoms with E-state index in [1.807, 2.05) is 24.3 Å². The second-order valence-corrected chi connectivity index (χ2v) is 7.15. The van der Waals surface area contributed by atoms with Crippen LogP contribution >= 0.6 is 0 Å². The number of hydrogen-bond acceptors (Lipinski definition) is 4. The van der Waals surface area contributed by atoms with Crippen LogP contribution in [-0.2, 0) is 6.61 Å². The zero-order chi connectivity index (χ0) is 19.1. The Labute approximate surface area is 162 Å². The first-order valence-electron chi connectivity index (χ1n) is 9.61. The van der Waals surface area contributed by atoms with Crippen LogP contribution in [0.2, 0.25) is 0 Å². The summed E-state index contributed by atoms with van der Waals surface area (Å²) >= 11 is 0. The Bertz CT molecular complexity index is 739. The largest absolute Gasteiger partial charge is 0.493 e. The number of benzene rings is 2. The molecule has 1 saturated heterocycles. The van der Waals surface area contributed by atoms with Gasteiger partial charge in [0.15, 0.2) is 11.5 Å². The van der Waals surface area contributed by atoms with Gasteiger partial charge in [-0.25, -0.2) is 0 Å². The second kappa shape index (κ2) is 9.58. The Morgan fingerprint density at radius 1 is 1.11 bits per heavy atom. The van der Waals surface area contributed by atoms with Gasteiger partial charge in [-0.3, -0.25) is 4.90 Å². The van der Waals surface area contributed by atoms with Crippen molar-refractivity contribution in [2.24, 2.45) is 0 Å². The highest BCUT2D eigenvalue weighted by atomic mass is 16.5. The van der Waals surface area contributed by atoms with Crippen LogP contribution < -0.4 is 14.8 Å². The van der Waals surface area contributed by atoms with Gasteiger partial charge in [-0.15, -0.1) is 6.58 Å². The average molecular weight is 367 g/mol. The fourth-order valence-corrected chi connectivity index (χ4v) is 3.53. The summed E-state index contributed by atoms with van der Waals surface area (Å²) < 4.78 is 11.6. The van der Waals surface area contributed by atoms with E-state index < -0.39 is 0 Å². The number of ether oxygens (including phenoxy) is 2. The van der Waals surface area contributed by atoms with Crippen LogP contribution in [-0.4, -0.2) is 38.2 Å². The summed E-state index contributed by atoms with van der Waals surface area (Å²) in [6, 6.07) is 16.8. The van der Waals surface area contributed by atoms with Crippen molar-refractivity contribution in [3.63, 3.8) is 0 Å². The summed E-state index contributed by atoms with van der Waals surface area (Å²) in [5.74, 6) is 1.56. The van der Waals surface area contributed by atoms with Gasteiger partial charge in [0.2, 0.25) is 0 Å². The number of hydrogen-bond donors (Lipinski definition) is 1. The molecule has 0 spiro atoms. The van der Waals surface area contributed by atoms with E-state index in [0.717, 1.165) is 49.7 Å². The zero-order valence-corrected chi connectivity index (χ0v) is 16.4. The minimum Gasteiger partial charge on any atom is -0.493 e. The molecule has 3 rings (SSSR count). The lowest BCUT2D eigenvalue weighted by Gasteiger charge is -2.35. The van der Waals surface area contributed by atoms with Gasteiger partial charge < -0.3 is 14.8 Å². The Kier molecular flexibility index (Phi) is 6.91. The Morgan fingerprint density at radius 3 is 2.52 bits per heavy atom. The first-order chi connectivity index (χ1) is 13.2. The molecule has 144 valence electrons. The smallest absolute Gasteiger partial charge is 0.161 e. The molecule has 0 amide bonds. The number of piperazine rings is 1. The van der Waals surface area contributed by atoms with E-state index in [-0.39, 0.29) is 0 Å². The minimum absolute atomic E-state index is 0.321. The van der Waals surface area contributed by atoms with Crippen molar-refractivity contribution < 1.29 is 9.47 Å². The van der Waals surface area contributed by atoms with E-state index in [4.69, 9.17) is 9.47 Å². The third kappa shape index (κ3) is 5.34. The minimum atomic E-state index is 0.321. The standard InChI is InChI=1S/C23H30N2O2/c1-18(2)15-21(25-13-11-24-12-14-25)20-9-10-22(23(16-20)26-3)27-17-19-7-5-4-6-8-19/h4-10,16,21,24H,1,11-15,17H2,2-3H3/t21-/m1/s1. The van der Waals surface area contributed by atoms with Gasteiger partial charge in [0, 0.05) is 32.2 Å². The second-order valence-electron chi connectivity index (χ2n) is 7.15. The van der Waals surface area contributed by atoms with Gasteiger partial charge in [-0.1, -0.05) is 42.0 Å². The van der Waals surface area contributed by atoms with Gasteiger partial charge in [0.25, 0.3) is 0 Å². The first-order valence-corrected chi connectivity index (χ1v) is 9.61. The molecule has 1 fully saturated rings. The summed E-state index contributed by atoms with van der Waals surface area (Å²) in [5.41, 5.74) is 3.59. The highest BCUT2D eigenvalue weighted by Crippen LogP contribution is 2.35. The molecular formula is C23H30N2O2. The lowest BCUT2D eigenvalue weighted by atomic mass is 9.97. The molecule has 0 saturated carbocycles. The summed E-state index contributed by atoms with van der Waals surface area (Å²) in [5, 5.41) is 3.43. The third-order valence-electron chi connectivity index (χ3n) is 4.94. The molecule has 4 nitrogen and oxygen atoms in total. The van der Waals surface area contributed by atoms with Crippen LogP contribution in [0.15, 0.2) is 60.7 Å². The summed E-state index contributed by atoms with van der Waals surface area (Å²) in [6.07, 6.45) is 0.952. The third-order valence-corrected chi connectivity index (χ3v) is 4.94. The van der Waals surface area contributed by atoms with Crippen molar-refractivity contribution in [1.29, 1.82) is 0 Å². The van der Waals surface area contributed by atoms with Crippen LogP contribution in [0.25, 0.3) is 0 Å². The Hall–Kier alpha value is -2.30. The van der Waals surface area contributed by atoms with Gasteiger partial charge in [-0.2, -0.15) is 0 Å². The monoisotopic (exact) mass is 366 g/mol. The summed E-state index contributed by atoms with van der Waals surface area (Å²) in [4.78, 5) is 2.53. The molecule has 0 bridgehead atoms. The number of methoxy groups -OCH3 is 1. The van der Waals surface area contributed by atoms with Gasteiger partial charge >= 0.3 is 0 Å². The first kappa shape index (κ1) is 19.5. The van der Waals surface area contributed by atoms with E-state index in [0.29, 0.717) is 12.6 Å². The lowest BCUT2D eigenvalue weighted by Crippen LogP contribution is -2.45. The Morgan fingerprint density at radius 2 is 1.85 bits per heavy atom. The molecule has 4 heteroatoms. The molecule has 2 aromatic carbocycles. The molecule has 1 aliphatic heterocycles. The SMILES string of the molecule is C=C(C)C[C@H](c1ccc(OCc2ccccc2)c(OC)c1)N1CCNCC1. The molecule has 1 N–H and O–H groups in total. The summed E-state index contributed by atoms with van der Waals surface area (Å²) in [6.45, 7) is 10.9. The van der Waals surface area contributed by atoms with E-state index in [1.165, 1.54) is 11.1 Å². The van der Waals surface area contributed by atoms with Gasteiger partial charge in [0.05, 0.1) is 7.11 Å². The average Bonchev–Trinajstić information content (AvgIpc) is 2.71. The van der Waals surface area contributed by atoms with E-state index in [1.54, 1.807) is 7.11 Å². The molecule has 27 heavy (non-hydrogen) atoms. The van der Waals surface area contributed by atoms with Crippen molar-refractivity contribution in [3.8, 4) is 11.5 Å². The van der Waals surface area contributed by atoms with Crippen molar-refractivity contribution in [2.45, 2.75) is 26.0 Å². The quantitative estimate of drug-likeness (QED) is 0.711. The molecule has 0 aromatic heterocycles. The maximum absolute atomic E-state index is 6.01. The predicted octanol–water partition coefficient (Wildman–Crippen LogP) is 4.19. The van der Waals surface area contributed by atoms with Crippen molar-refractivity contribution >= 4 is 0 Å². The van der Waals surface area contributed by atoms with Crippen LogP contribution in [0.4, 0.5) is 0 Å². The highest BCUT2D eigenvalue weighted by molar-refractivity contribution is 5.44. The number of nitrogens with one attached hydrogen (secondary N) is 1. The number of rotatable bonds is 8. The fraction of sp³-hybridized carbons (Fsp3) is 0.391. The summed E-state index contributed by atoms with van der Waals surface area (Å²) in [7, 11) is 1.70. The van der Waals surface area contributed by atoms with E-state index in [9.17, 15) is 0 Å². The van der Waals surface area contributed by atoms with Crippen LogP contribution in [0, 0.1) is 0 Å². The molecule has 0 unspecified atom stereocenters. The van der Waals surface area contributed by atoms with Crippen LogP contribution in [0.5, 0.6) is 11.5 Å². The molecule has 1 atom stereocenters. The van der Waals surface area contributed by atoms with E-state index in [2.05, 4.69) is 48.0 Å². The topological polar surface area (TPSA) is 33.7 Å². The van der Waals surface area contributed by atoms with Gasteiger partial charge in [0.1, 0.15) is 6.61 Å². The van der Waals surface area contributed by atoms with Crippen molar-refractivity contribution in [3.05, 3.63) is 71.8 Å². The molecule has 0 aliphatic carbocycles. The molecule has 1 heterocycles. The Balaban J connectivity index is 1.78. The fourth-order valence-electron chi connectivity index (χ4n) is 3.53. The van der Waals surface area contributed by atoms with E-state index >= 15 is 0 Å². The predicted molar refractivity (Wildman–Crippen MR) is 110 cm³/mol. The van der Waals surface area contributed by atoms with Gasteiger partial charge in [-0.05, 0) is 36.6 Å². The maximum atomic E-state index is 6.01. The van der Waals surface area contributed by atoms with Crippen LogP contribution in [0.3, 0.4) is 0 Å². The molecule has 1 aliphatic rings. The van der Waals surface area contributed by atoms with Crippen molar-refractivity contribution in [2.75, 3.05) is 33.3 Å². The maximum Gasteiger partial charge on any atom is 0.161 e. The zero-order valence-electron chi connectivity index (χ0n) is 16.4. The number of nitrogens with zero attached hydrogens (tertiary/aromatic N) is 1. The lowest BCUT2D eigenvalue weighted by molar-refractivity contribution is 0.172. The molecule has 0 radical (unpaired) electrons. The molecule has 2 aromatic rings. The molecular weight excluding hydrogens is 336 g/mol. The normalized spacial score (nSPS) is 15.9. The van der Waals surface area contributed by atoms with Crippen molar-refractivity contribution in [1.82, 2.24) is 10.2 Å².